The number of amides is 1. The van der Waals surface area contributed by atoms with Crippen LogP contribution in [-0.2, 0) is 22.6 Å². The van der Waals surface area contributed by atoms with Crippen molar-refractivity contribution in [2.24, 2.45) is 11.8 Å². The summed E-state index contributed by atoms with van der Waals surface area (Å²) in [4.78, 5) is 23.1. The molecule has 0 bridgehead atoms. The van der Waals surface area contributed by atoms with E-state index < -0.39 is 12.1 Å². The van der Waals surface area contributed by atoms with Crippen molar-refractivity contribution in [2.75, 3.05) is 6.54 Å². The van der Waals surface area contributed by atoms with Crippen LogP contribution in [0.3, 0.4) is 0 Å². The molecule has 0 radical (unpaired) electrons. The molecule has 1 fully saturated rings. The molecule has 0 spiro atoms. The standard InChI is InChI=1S/C23H25NO4/c25-22(26)16-10-8-15(9-11-16)13-24-23(27)28-14-18-5-3-7-20-19-6-2-1-4-17(19)12-21(18)20/h1-7,15-16H,8-14H2,(H,24,27)(H,25,26). The first-order chi connectivity index (χ1) is 13.6. The molecule has 1 amide bonds. The highest BCUT2D eigenvalue weighted by atomic mass is 16.5. The van der Waals surface area contributed by atoms with Gasteiger partial charge in [0.25, 0.3) is 0 Å². The van der Waals surface area contributed by atoms with E-state index in [9.17, 15) is 9.59 Å². The third-order valence-electron chi connectivity index (χ3n) is 6.04. The minimum atomic E-state index is -0.705. The number of carbonyl (C=O) groups excluding carboxylic acids is 1. The Bertz CT molecular complexity index is 884. The van der Waals surface area contributed by atoms with Gasteiger partial charge in [-0.25, -0.2) is 4.79 Å². The molecule has 2 aromatic rings. The molecule has 0 aromatic heterocycles. The lowest BCUT2D eigenvalue weighted by molar-refractivity contribution is -0.143. The van der Waals surface area contributed by atoms with Gasteiger partial charge >= 0.3 is 12.1 Å². The minimum Gasteiger partial charge on any atom is -0.481 e. The first-order valence-corrected chi connectivity index (χ1v) is 9.94. The van der Waals surface area contributed by atoms with Crippen molar-refractivity contribution in [1.82, 2.24) is 5.32 Å². The van der Waals surface area contributed by atoms with Gasteiger partial charge in [-0.15, -0.1) is 0 Å². The number of carboxylic acid groups (broad SMARTS) is 1. The smallest absolute Gasteiger partial charge is 0.407 e. The Morgan fingerprint density at radius 1 is 1.00 bits per heavy atom. The van der Waals surface area contributed by atoms with Crippen molar-refractivity contribution in [3.63, 3.8) is 0 Å². The molecule has 2 aliphatic rings. The molecule has 146 valence electrons. The van der Waals surface area contributed by atoms with Gasteiger partial charge in [0.2, 0.25) is 0 Å². The summed E-state index contributed by atoms with van der Waals surface area (Å²) in [6, 6.07) is 14.5. The van der Waals surface area contributed by atoms with Crippen LogP contribution in [0.25, 0.3) is 11.1 Å². The van der Waals surface area contributed by atoms with Crippen molar-refractivity contribution in [3.05, 3.63) is 59.2 Å². The van der Waals surface area contributed by atoms with Crippen molar-refractivity contribution in [1.29, 1.82) is 0 Å². The molecule has 1 saturated carbocycles. The van der Waals surface area contributed by atoms with E-state index in [-0.39, 0.29) is 12.5 Å². The van der Waals surface area contributed by atoms with Gasteiger partial charge in [-0.05, 0) is 65.8 Å². The van der Waals surface area contributed by atoms with Crippen LogP contribution in [0.15, 0.2) is 42.5 Å². The molecular weight excluding hydrogens is 354 g/mol. The van der Waals surface area contributed by atoms with Gasteiger partial charge in [0.15, 0.2) is 0 Å². The van der Waals surface area contributed by atoms with Crippen molar-refractivity contribution in [2.45, 2.75) is 38.7 Å². The third-order valence-corrected chi connectivity index (χ3v) is 6.04. The Hall–Kier alpha value is -2.82. The number of ether oxygens (including phenoxy) is 1. The summed E-state index contributed by atoms with van der Waals surface area (Å²) in [6.07, 6.45) is 3.51. The van der Waals surface area contributed by atoms with E-state index in [2.05, 4.69) is 35.6 Å². The Balaban J connectivity index is 1.28. The summed E-state index contributed by atoms with van der Waals surface area (Å²) in [6.45, 7) is 0.804. The van der Waals surface area contributed by atoms with Gasteiger partial charge in [0.1, 0.15) is 6.61 Å². The maximum atomic E-state index is 12.1. The predicted octanol–water partition coefficient (Wildman–Crippen LogP) is 4.38. The number of carboxylic acids is 1. The van der Waals surface area contributed by atoms with Gasteiger partial charge in [0, 0.05) is 6.54 Å². The highest BCUT2D eigenvalue weighted by molar-refractivity contribution is 5.78. The number of hydrogen-bond donors (Lipinski definition) is 2. The molecule has 0 aliphatic heterocycles. The lowest BCUT2D eigenvalue weighted by Gasteiger charge is -2.26. The summed E-state index contributed by atoms with van der Waals surface area (Å²) in [5.74, 6) is -0.602. The summed E-state index contributed by atoms with van der Waals surface area (Å²) in [7, 11) is 0. The average molecular weight is 379 g/mol. The van der Waals surface area contributed by atoms with Crippen LogP contribution in [0.1, 0.15) is 42.4 Å². The highest BCUT2D eigenvalue weighted by Gasteiger charge is 2.26. The molecule has 5 heteroatoms. The zero-order chi connectivity index (χ0) is 19.5. The Morgan fingerprint density at radius 2 is 1.75 bits per heavy atom. The maximum Gasteiger partial charge on any atom is 0.407 e. The Labute approximate surface area is 164 Å². The molecule has 0 saturated heterocycles. The zero-order valence-electron chi connectivity index (χ0n) is 15.8. The minimum absolute atomic E-state index is 0.229. The molecule has 0 heterocycles. The van der Waals surface area contributed by atoms with Crippen LogP contribution in [0.2, 0.25) is 0 Å². The number of aliphatic carboxylic acids is 1. The van der Waals surface area contributed by atoms with E-state index in [0.717, 1.165) is 24.8 Å². The van der Waals surface area contributed by atoms with Gasteiger partial charge in [-0.3, -0.25) is 4.79 Å². The lowest BCUT2D eigenvalue weighted by Crippen LogP contribution is -2.32. The normalized spacial score (nSPS) is 20.1. The zero-order valence-corrected chi connectivity index (χ0v) is 15.8. The molecule has 5 nitrogen and oxygen atoms in total. The second kappa shape index (κ2) is 8.05. The third kappa shape index (κ3) is 3.88. The fourth-order valence-electron chi connectivity index (χ4n) is 4.39. The maximum absolute atomic E-state index is 12.1. The van der Waals surface area contributed by atoms with Gasteiger partial charge in [-0.2, -0.15) is 0 Å². The molecule has 28 heavy (non-hydrogen) atoms. The Morgan fingerprint density at radius 3 is 2.54 bits per heavy atom. The summed E-state index contributed by atoms with van der Waals surface area (Å²) < 4.78 is 5.46. The largest absolute Gasteiger partial charge is 0.481 e. The van der Waals surface area contributed by atoms with Crippen molar-refractivity contribution < 1.29 is 19.4 Å². The quantitative estimate of drug-likeness (QED) is 0.690. The topological polar surface area (TPSA) is 75.6 Å². The van der Waals surface area contributed by atoms with E-state index >= 15 is 0 Å². The second-order valence-corrected chi connectivity index (χ2v) is 7.79. The van der Waals surface area contributed by atoms with Gasteiger partial charge in [0.05, 0.1) is 5.92 Å². The predicted molar refractivity (Wildman–Crippen MR) is 106 cm³/mol. The van der Waals surface area contributed by atoms with Crippen LogP contribution >= 0.6 is 0 Å². The molecule has 0 atom stereocenters. The highest BCUT2D eigenvalue weighted by Crippen LogP contribution is 2.38. The van der Waals surface area contributed by atoms with E-state index in [4.69, 9.17) is 9.84 Å². The number of nitrogens with one attached hydrogen (secondary N) is 1. The first-order valence-electron chi connectivity index (χ1n) is 9.94. The molecule has 4 rings (SSSR count). The number of fused-ring (bicyclic) bond motifs is 3. The van der Waals surface area contributed by atoms with Gasteiger partial charge in [-0.1, -0.05) is 42.5 Å². The molecule has 0 unspecified atom stereocenters. The van der Waals surface area contributed by atoms with Crippen molar-refractivity contribution in [3.8, 4) is 11.1 Å². The summed E-state index contributed by atoms with van der Waals surface area (Å²) in [5, 5.41) is 11.9. The van der Waals surface area contributed by atoms with Crippen LogP contribution in [-0.4, -0.2) is 23.7 Å². The van der Waals surface area contributed by atoms with E-state index in [1.807, 2.05) is 12.1 Å². The Kier molecular flexibility index (Phi) is 5.33. The second-order valence-electron chi connectivity index (χ2n) is 7.79. The average Bonchev–Trinajstić information content (AvgIpc) is 3.10. The number of carbonyl (C=O) groups is 2. The van der Waals surface area contributed by atoms with Crippen LogP contribution in [0, 0.1) is 11.8 Å². The van der Waals surface area contributed by atoms with Gasteiger partial charge < -0.3 is 15.2 Å². The number of rotatable bonds is 5. The lowest BCUT2D eigenvalue weighted by atomic mass is 9.82. The summed E-state index contributed by atoms with van der Waals surface area (Å²) in [5.41, 5.74) is 6.09. The first kappa shape index (κ1) is 18.5. The number of benzene rings is 2. The monoisotopic (exact) mass is 379 g/mol. The van der Waals surface area contributed by atoms with Crippen LogP contribution in [0.5, 0.6) is 0 Å². The van der Waals surface area contributed by atoms with Crippen LogP contribution < -0.4 is 5.32 Å². The van der Waals surface area contributed by atoms with E-state index in [0.29, 0.717) is 25.3 Å². The SMILES string of the molecule is O=C(NCC1CCC(C(=O)O)CC1)OCc1cccc2c1Cc1ccccc1-2. The van der Waals surface area contributed by atoms with Crippen molar-refractivity contribution >= 4 is 12.1 Å². The number of alkyl carbamates (subject to hydrolysis) is 1. The molecular formula is C23H25NO4. The van der Waals surface area contributed by atoms with Crippen LogP contribution in [0.4, 0.5) is 4.79 Å². The molecule has 2 aromatic carbocycles. The van der Waals surface area contributed by atoms with E-state index in [1.54, 1.807) is 0 Å². The fourth-order valence-corrected chi connectivity index (χ4v) is 4.39. The van der Waals surface area contributed by atoms with E-state index in [1.165, 1.54) is 22.3 Å². The molecule has 2 N–H and O–H groups in total. The molecule has 2 aliphatic carbocycles. The summed E-state index contributed by atoms with van der Waals surface area (Å²) >= 11 is 0. The number of hydrogen-bond acceptors (Lipinski definition) is 3. The fraction of sp³-hybridized carbons (Fsp3) is 0.391.